The molecule has 3 heteroatoms. The smallest absolute Gasteiger partial charge is 0.193 e. The van der Waals surface area contributed by atoms with Gasteiger partial charge < -0.3 is 0 Å². The number of ketones is 1. The first-order valence-electron chi connectivity index (χ1n) is 6.14. The number of rotatable bonds is 2. The Labute approximate surface area is 120 Å². The van der Waals surface area contributed by atoms with Crippen molar-refractivity contribution in [3.05, 3.63) is 82.6 Å². The summed E-state index contributed by atoms with van der Waals surface area (Å²) in [6.07, 6.45) is 0. The molecule has 0 atom stereocenters. The Bertz CT molecular complexity index is 806. The molecule has 1 nitrogen and oxygen atoms in total. The number of carbonyl (C=O) groups is 1. The number of halogens is 2. The SMILES string of the molecule is O=C(c1ccc(Cl)c(F)c1)c1cccc2ccccc12. The standard InChI is InChI=1S/C17H10ClFO/c18-15-9-8-12(10-16(15)19)17(20)14-7-3-5-11-4-1-2-6-13(11)14/h1-10H. The van der Waals surface area contributed by atoms with Crippen molar-refractivity contribution in [3.8, 4) is 0 Å². The first kappa shape index (κ1) is 12.8. The highest BCUT2D eigenvalue weighted by Gasteiger charge is 2.13. The zero-order valence-electron chi connectivity index (χ0n) is 10.4. The Morgan fingerprint density at radius 1 is 0.950 bits per heavy atom. The third-order valence-corrected chi connectivity index (χ3v) is 3.52. The zero-order chi connectivity index (χ0) is 14.1. The normalized spacial score (nSPS) is 10.7. The van der Waals surface area contributed by atoms with Crippen LogP contribution in [0.15, 0.2) is 60.7 Å². The van der Waals surface area contributed by atoms with Crippen molar-refractivity contribution in [1.82, 2.24) is 0 Å². The van der Waals surface area contributed by atoms with Gasteiger partial charge >= 0.3 is 0 Å². The van der Waals surface area contributed by atoms with Crippen molar-refractivity contribution in [3.63, 3.8) is 0 Å². The van der Waals surface area contributed by atoms with Crippen LogP contribution in [0, 0.1) is 5.82 Å². The molecular weight excluding hydrogens is 275 g/mol. The summed E-state index contributed by atoms with van der Waals surface area (Å²) in [5.41, 5.74) is 0.855. The van der Waals surface area contributed by atoms with Crippen LogP contribution in [0.25, 0.3) is 10.8 Å². The van der Waals surface area contributed by atoms with Gasteiger partial charge in [0.25, 0.3) is 0 Å². The molecule has 0 fully saturated rings. The molecule has 0 unspecified atom stereocenters. The summed E-state index contributed by atoms with van der Waals surface area (Å²) >= 11 is 5.64. The molecule has 98 valence electrons. The molecule has 0 bridgehead atoms. The van der Waals surface area contributed by atoms with Gasteiger partial charge in [0.2, 0.25) is 0 Å². The van der Waals surface area contributed by atoms with Gasteiger partial charge in [0.15, 0.2) is 5.78 Å². The predicted molar refractivity (Wildman–Crippen MR) is 78.8 cm³/mol. The van der Waals surface area contributed by atoms with E-state index in [2.05, 4.69) is 0 Å². The van der Waals surface area contributed by atoms with Gasteiger partial charge in [-0.15, -0.1) is 0 Å². The Kier molecular flexibility index (Phi) is 3.25. The minimum atomic E-state index is -0.585. The largest absolute Gasteiger partial charge is 0.289 e. The molecule has 3 aromatic carbocycles. The number of hydrogen-bond acceptors (Lipinski definition) is 1. The van der Waals surface area contributed by atoms with E-state index in [1.165, 1.54) is 18.2 Å². The van der Waals surface area contributed by atoms with Crippen LogP contribution >= 0.6 is 11.6 Å². The lowest BCUT2D eigenvalue weighted by molar-refractivity contribution is 0.104. The monoisotopic (exact) mass is 284 g/mol. The Morgan fingerprint density at radius 3 is 2.50 bits per heavy atom. The third kappa shape index (κ3) is 2.19. The number of hydrogen-bond donors (Lipinski definition) is 0. The van der Waals surface area contributed by atoms with E-state index in [9.17, 15) is 9.18 Å². The van der Waals surface area contributed by atoms with Crippen LogP contribution in [0.3, 0.4) is 0 Å². The fourth-order valence-electron chi connectivity index (χ4n) is 2.22. The highest BCUT2D eigenvalue weighted by atomic mass is 35.5. The molecule has 0 heterocycles. The lowest BCUT2D eigenvalue weighted by atomic mass is 9.97. The second-order valence-electron chi connectivity index (χ2n) is 4.48. The molecule has 0 N–H and O–H groups in total. The summed E-state index contributed by atoms with van der Waals surface area (Å²) in [5, 5.41) is 1.85. The number of fused-ring (bicyclic) bond motifs is 1. The Balaban J connectivity index is 2.15. The molecule has 0 spiro atoms. The summed E-state index contributed by atoms with van der Waals surface area (Å²) in [6, 6.07) is 17.2. The van der Waals surface area contributed by atoms with E-state index >= 15 is 0 Å². The van der Waals surface area contributed by atoms with Crippen LogP contribution in [0.1, 0.15) is 15.9 Å². The molecule has 0 aliphatic rings. The molecule has 20 heavy (non-hydrogen) atoms. The lowest BCUT2D eigenvalue weighted by Crippen LogP contribution is -2.02. The van der Waals surface area contributed by atoms with Gasteiger partial charge in [-0.25, -0.2) is 4.39 Å². The molecule has 0 saturated carbocycles. The third-order valence-electron chi connectivity index (χ3n) is 3.22. The van der Waals surface area contributed by atoms with Crippen LogP contribution in [0.2, 0.25) is 5.02 Å². The number of benzene rings is 3. The molecule has 3 aromatic rings. The van der Waals surface area contributed by atoms with Crippen molar-refractivity contribution < 1.29 is 9.18 Å². The van der Waals surface area contributed by atoms with Gasteiger partial charge in [-0.05, 0) is 29.0 Å². The van der Waals surface area contributed by atoms with Crippen LogP contribution in [0.4, 0.5) is 4.39 Å². The number of carbonyl (C=O) groups excluding carboxylic acids is 1. The first-order valence-corrected chi connectivity index (χ1v) is 6.52. The minimum absolute atomic E-state index is 0.0134. The maximum Gasteiger partial charge on any atom is 0.193 e. The summed E-state index contributed by atoms with van der Waals surface area (Å²) in [7, 11) is 0. The Morgan fingerprint density at radius 2 is 1.70 bits per heavy atom. The van der Waals surface area contributed by atoms with E-state index in [1.54, 1.807) is 6.07 Å². The Hall–Kier alpha value is -2.19. The first-order chi connectivity index (χ1) is 9.66. The quantitative estimate of drug-likeness (QED) is 0.614. The van der Waals surface area contributed by atoms with Gasteiger partial charge in [-0.1, -0.05) is 54.1 Å². The van der Waals surface area contributed by atoms with Crippen LogP contribution < -0.4 is 0 Å². The molecule has 0 saturated heterocycles. The second kappa shape index (κ2) is 5.06. The van der Waals surface area contributed by atoms with Gasteiger partial charge in [-0.2, -0.15) is 0 Å². The summed E-state index contributed by atoms with van der Waals surface area (Å²) in [4.78, 5) is 12.5. The van der Waals surface area contributed by atoms with E-state index in [1.807, 2.05) is 36.4 Å². The molecule has 3 rings (SSSR count). The van der Waals surface area contributed by atoms with Crippen molar-refractivity contribution in [2.24, 2.45) is 0 Å². The molecule has 0 aliphatic heterocycles. The maximum absolute atomic E-state index is 13.5. The fourth-order valence-corrected chi connectivity index (χ4v) is 2.33. The highest BCUT2D eigenvalue weighted by Crippen LogP contribution is 2.23. The van der Waals surface area contributed by atoms with E-state index in [0.717, 1.165) is 10.8 Å². The topological polar surface area (TPSA) is 17.1 Å². The highest BCUT2D eigenvalue weighted by molar-refractivity contribution is 6.31. The van der Waals surface area contributed by atoms with Gasteiger partial charge in [0.05, 0.1) is 5.02 Å². The second-order valence-corrected chi connectivity index (χ2v) is 4.89. The molecule has 0 aliphatic carbocycles. The summed E-state index contributed by atoms with van der Waals surface area (Å²) in [5.74, 6) is -0.796. The molecular formula is C17H10ClFO. The average molecular weight is 285 g/mol. The molecule has 0 amide bonds. The van der Waals surface area contributed by atoms with E-state index in [-0.39, 0.29) is 10.8 Å². The average Bonchev–Trinajstić information content (AvgIpc) is 2.49. The van der Waals surface area contributed by atoms with Gasteiger partial charge in [0, 0.05) is 11.1 Å². The summed E-state index contributed by atoms with van der Waals surface area (Å²) < 4.78 is 13.5. The van der Waals surface area contributed by atoms with Crippen LogP contribution in [0.5, 0.6) is 0 Å². The van der Waals surface area contributed by atoms with E-state index < -0.39 is 5.82 Å². The van der Waals surface area contributed by atoms with Crippen LogP contribution in [-0.2, 0) is 0 Å². The molecule has 0 radical (unpaired) electrons. The van der Waals surface area contributed by atoms with Crippen molar-refractivity contribution in [2.75, 3.05) is 0 Å². The predicted octanol–water partition coefficient (Wildman–Crippen LogP) is 4.86. The van der Waals surface area contributed by atoms with Gasteiger partial charge in [0.1, 0.15) is 5.82 Å². The molecule has 0 aromatic heterocycles. The fraction of sp³-hybridized carbons (Fsp3) is 0. The van der Waals surface area contributed by atoms with Crippen molar-refractivity contribution >= 4 is 28.2 Å². The van der Waals surface area contributed by atoms with Crippen molar-refractivity contribution in [2.45, 2.75) is 0 Å². The van der Waals surface area contributed by atoms with E-state index in [0.29, 0.717) is 11.1 Å². The lowest BCUT2D eigenvalue weighted by Gasteiger charge is -2.06. The van der Waals surface area contributed by atoms with Crippen LogP contribution in [-0.4, -0.2) is 5.78 Å². The van der Waals surface area contributed by atoms with Gasteiger partial charge in [-0.3, -0.25) is 4.79 Å². The minimum Gasteiger partial charge on any atom is -0.289 e. The zero-order valence-corrected chi connectivity index (χ0v) is 11.2. The van der Waals surface area contributed by atoms with Crippen molar-refractivity contribution in [1.29, 1.82) is 0 Å². The van der Waals surface area contributed by atoms with E-state index in [4.69, 9.17) is 11.6 Å². The summed E-state index contributed by atoms with van der Waals surface area (Å²) in [6.45, 7) is 0. The maximum atomic E-state index is 13.5.